The largest absolute Gasteiger partial charge is 0.430 e. The van der Waals surface area contributed by atoms with Crippen molar-refractivity contribution in [1.29, 1.82) is 0 Å². The Kier molecular flexibility index (Phi) is 3.61. The molecule has 7 nitrogen and oxygen atoms in total. The van der Waals surface area contributed by atoms with Crippen LogP contribution in [0.4, 0.5) is 11.6 Å². The third-order valence-electron chi connectivity index (χ3n) is 2.29. The van der Waals surface area contributed by atoms with Gasteiger partial charge in [-0.25, -0.2) is 4.98 Å². The molecular weight excluding hydrogens is 316 g/mol. The van der Waals surface area contributed by atoms with Gasteiger partial charge in [-0.3, -0.25) is 10.1 Å². The van der Waals surface area contributed by atoms with Crippen molar-refractivity contribution in [3.05, 3.63) is 44.5 Å². The Morgan fingerprint density at radius 2 is 2.21 bits per heavy atom. The summed E-state index contributed by atoms with van der Waals surface area (Å²) in [5.74, 6) is 0.298. The maximum atomic E-state index is 11.0. The molecular formula is C11H9BrN4O3. The van der Waals surface area contributed by atoms with Crippen LogP contribution in [0.25, 0.3) is 0 Å². The summed E-state index contributed by atoms with van der Waals surface area (Å²) in [6.07, 6.45) is 1.49. The molecule has 0 radical (unpaired) electrons. The highest BCUT2D eigenvalue weighted by atomic mass is 79.9. The minimum atomic E-state index is -0.528. The highest BCUT2D eigenvalue weighted by Gasteiger charge is 2.20. The molecule has 0 aliphatic rings. The van der Waals surface area contributed by atoms with Crippen LogP contribution in [-0.2, 0) is 0 Å². The molecule has 0 aliphatic heterocycles. The van der Waals surface area contributed by atoms with Crippen LogP contribution in [0.3, 0.4) is 0 Å². The van der Waals surface area contributed by atoms with E-state index in [4.69, 9.17) is 10.5 Å². The molecule has 0 unspecified atom stereocenters. The lowest BCUT2D eigenvalue weighted by Gasteiger charge is -2.09. The molecule has 2 aromatic rings. The quantitative estimate of drug-likeness (QED) is 0.687. The fraction of sp³-hybridized carbons (Fsp3) is 0.0909. The maximum absolute atomic E-state index is 11.0. The van der Waals surface area contributed by atoms with E-state index in [2.05, 4.69) is 25.9 Å². The van der Waals surface area contributed by atoms with E-state index in [9.17, 15) is 10.1 Å². The number of nitro groups is 1. The van der Waals surface area contributed by atoms with Gasteiger partial charge in [0, 0.05) is 17.8 Å². The van der Waals surface area contributed by atoms with Gasteiger partial charge in [0.1, 0.15) is 0 Å². The van der Waals surface area contributed by atoms with E-state index >= 15 is 0 Å². The van der Waals surface area contributed by atoms with E-state index in [1.54, 1.807) is 19.1 Å². The molecule has 8 heteroatoms. The summed E-state index contributed by atoms with van der Waals surface area (Å²) in [6.45, 7) is 1.72. The fourth-order valence-corrected chi connectivity index (χ4v) is 1.82. The highest BCUT2D eigenvalue weighted by Crippen LogP contribution is 2.38. The van der Waals surface area contributed by atoms with Crippen molar-refractivity contribution >= 4 is 27.6 Å². The number of para-hydroxylation sites is 1. The number of rotatable bonds is 3. The van der Waals surface area contributed by atoms with Gasteiger partial charge in [0.2, 0.25) is 17.6 Å². The van der Waals surface area contributed by atoms with Gasteiger partial charge in [-0.05, 0) is 28.9 Å². The average Bonchev–Trinajstić information content (AvgIpc) is 2.35. The van der Waals surface area contributed by atoms with Crippen LogP contribution in [0.5, 0.6) is 11.6 Å². The summed E-state index contributed by atoms with van der Waals surface area (Å²) >= 11 is 3.21. The maximum Gasteiger partial charge on any atom is 0.312 e. The first-order valence-electron chi connectivity index (χ1n) is 5.19. The topological polar surface area (TPSA) is 104 Å². The van der Waals surface area contributed by atoms with Crippen LogP contribution < -0.4 is 10.5 Å². The van der Waals surface area contributed by atoms with Crippen molar-refractivity contribution in [3.8, 4) is 11.6 Å². The summed E-state index contributed by atoms with van der Waals surface area (Å²) in [5, 5.41) is 11.0. The molecule has 0 atom stereocenters. The molecule has 1 aromatic carbocycles. The Labute approximate surface area is 116 Å². The summed E-state index contributed by atoms with van der Waals surface area (Å²) in [4.78, 5) is 18.1. The third-order valence-corrected chi connectivity index (χ3v) is 2.91. The van der Waals surface area contributed by atoms with Crippen LogP contribution in [0.2, 0.25) is 0 Å². The normalized spacial score (nSPS) is 10.2. The number of hydrogen-bond donors (Lipinski definition) is 1. The van der Waals surface area contributed by atoms with E-state index < -0.39 is 4.92 Å². The van der Waals surface area contributed by atoms with E-state index in [1.807, 2.05) is 0 Å². The predicted octanol–water partition coefficient (Wildman–Crippen LogP) is 2.83. The number of ether oxygens (including phenoxy) is 1. The fourth-order valence-electron chi connectivity index (χ4n) is 1.38. The van der Waals surface area contributed by atoms with Crippen LogP contribution >= 0.6 is 15.9 Å². The summed E-state index contributed by atoms with van der Waals surface area (Å²) in [5.41, 5.74) is 5.93. The molecule has 98 valence electrons. The molecule has 0 saturated heterocycles. The Bertz CT molecular complexity index is 648. The Hall–Kier alpha value is -2.22. The highest BCUT2D eigenvalue weighted by molar-refractivity contribution is 9.10. The molecule has 2 N–H and O–H groups in total. The van der Waals surface area contributed by atoms with Gasteiger partial charge in [-0.2, -0.15) is 4.98 Å². The van der Waals surface area contributed by atoms with Crippen molar-refractivity contribution in [2.24, 2.45) is 0 Å². The number of nitrogens with two attached hydrogens (primary N) is 1. The number of nitro benzene ring substituents is 1. The van der Waals surface area contributed by atoms with Gasteiger partial charge in [0.05, 0.1) is 9.40 Å². The van der Waals surface area contributed by atoms with Crippen LogP contribution in [0.1, 0.15) is 5.56 Å². The zero-order valence-electron chi connectivity index (χ0n) is 9.83. The lowest BCUT2D eigenvalue weighted by atomic mass is 10.3. The standard InChI is InChI=1S/C11H9BrN4O3/c1-6-5-14-11(13)15-10(6)19-9-7(12)3-2-4-8(9)16(17)18/h2-5H,1H3,(H2,13,14,15). The zero-order valence-corrected chi connectivity index (χ0v) is 11.4. The van der Waals surface area contributed by atoms with E-state index in [0.29, 0.717) is 10.0 Å². The number of hydrogen-bond acceptors (Lipinski definition) is 6. The molecule has 0 aliphatic carbocycles. The number of nitrogens with zero attached hydrogens (tertiary/aromatic N) is 3. The molecule has 2 rings (SSSR count). The van der Waals surface area contributed by atoms with Gasteiger partial charge in [0.25, 0.3) is 0 Å². The van der Waals surface area contributed by atoms with Gasteiger partial charge >= 0.3 is 5.69 Å². The second kappa shape index (κ2) is 5.19. The zero-order chi connectivity index (χ0) is 14.0. The second-order valence-corrected chi connectivity index (χ2v) is 4.52. The van der Waals surface area contributed by atoms with Gasteiger partial charge in [0.15, 0.2) is 0 Å². The monoisotopic (exact) mass is 324 g/mol. The number of benzene rings is 1. The summed E-state index contributed by atoms with van der Waals surface area (Å²) < 4.78 is 5.95. The SMILES string of the molecule is Cc1cnc(N)nc1Oc1c(Br)cccc1[N+](=O)[O-]. The van der Waals surface area contributed by atoms with Crippen LogP contribution in [0.15, 0.2) is 28.9 Å². The molecule has 0 fully saturated rings. The first kappa shape index (κ1) is 13.2. The molecule has 1 heterocycles. The Morgan fingerprint density at radius 1 is 1.47 bits per heavy atom. The van der Waals surface area contributed by atoms with Crippen LogP contribution in [-0.4, -0.2) is 14.9 Å². The molecule has 0 spiro atoms. The summed E-state index contributed by atoms with van der Waals surface area (Å²) in [7, 11) is 0. The average molecular weight is 325 g/mol. The van der Waals surface area contributed by atoms with E-state index in [0.717, 1.165) is 0 Å². The Morgan fingerprint density at radius 3 is 2.89 bits per heavy atom. The van der Waals surface area contributed by atoms with Gasteiger partial charge in [-0.1, -0.05) is 6.07 Å². The predicted molar refractivity (Wildman–Crippen MR) is 72.1 cm³/mol. The van der Waals surface area contributed by atoms with Crippen molar-refractivity contribution < 1.29 is 9.66 Å². The Balaban J connectivity index is 2.49. The van der Waals surface area contributed by atoms with Crippen LogP contribution in [0, 0.1) is 17.0 Å². The molecule has 1 aromatic heterocycles. The molecule has 0 saturated carbocycles. The van der Waals surface area contributed by atoms with Crippen molar-refractivity contribution in [2.75, 3.05) is 5.73 Å². The first-order chi connectivity index (χ1) is 8.99. The van der Waals surface area contributed by atoms with Gasteiger partial charge < -0.3 is 10.5 Å². The molecule has 19 heavy (non-hydrogen) atoms. The smallest absolute Gasteiger partial charge is 0.312 e. The van der Waals surface area contributed by atoms with Crippen molar-refractivity contribution in [3.63, 3.8) is 0 Å². The number of nitrogen functional groups attached to an aromatic ring is 1. The first-order valence-corrected chi connectivity index (χ1v) is 5.98. The second-order valence-electron chi connectivity index (χ2n) is 3.66. The lowest BCUT2D eigenvalue weighted by molar-refractivity contribution is -0.385. The minimum Gasteiger partial charge on any atom is -0.430 e. The molecule has 0 bridgehead atoms. The lowest BCUT2D eigenvalue weighted by Crippen LogP contribution is -2.00. The minimum absolute atomic E-state index is 0.0373. The van der Waals surface area contributed by atoms with Crippen molar-refractivity contribution in [1.82, 2.24) is 9.97 Å². The molecule has 0 amide bonds. The van der Waals surface area contributed by atoms with E-state index in [1.165, 1.54) is 12.3 Å². The number of halogens is 1. The van der Waals surface area contributed by atoms with E-state index in [-0.39, 0.29) is 23.3 Å². The number of aromatic nitrogens is 2. The number of aryl methyl sites for hydroxylation is 1. The summed E-state index contributed by atoms with van der Waals surface area (Å²) in [6, 6.07) is 4.54. The van der Waals surface area contributed by atoms with Crippen molar-refractivity contribution in [2.45, 2.75) is 6.92 Å². The number of anilines is 1. The van der Waals surface area contributed by atoms with Gasteiger partial charge in [-0.15, -0.1) is 0 Å². The third kappa shape index (κ3) is 2.79.